The Morgan fingerprint density at radius 3 is 2.75 bits per heavy atom. The maximum absolute atomic E-state index is 11.5. The van der Waals surface area contributed by atoms with Crippen molar-refractivity contribution in [1.82, 2.24) is 9.78 Å². The molecule has 0 aromatic carbocycles. The van der Waals surface area contributed by atoms with Crippen LogP contribution in [0.15, 0.2) is 10.9 Å². The van der Waals surface area contributed by atoms with Gasteiger partial charge in [-0.25, -0.2) is 0 Å². The molecule has 0 aliphatic heterocycles. The summed E-state index contributed by atoms with van der Waals surface area (Å²) in [6.07, 6.45) is 0.805. The quantitative estimate of drug-likeness (QED) is 0.768. The first kappa shape index (κ1) is 12.5. The van der Waals surface area contributed by atoms with Crippen molar-refractivity contribution in [2.45, 2.75) is 39.7 Å². The number of ether oxygens (including phenoxy) is 1. The van der Waals surface area contributed by atoms with Gasteiger partial charge in [0.25, 0.3) is 5.56 Å². The number of H-pyrrole nitrogens is 1. The van der Waals surface area contributed by atoms with Gasteiger partial charge in [0, 0.05) is 17.8 Å². The van der Waals surface area contributed by atoms with Gasteiger partial charge in [0.15, 0.2) is 0 Å². The lowest BCUT2D eigenvalue weighted by Gasteiger charge is -2.05. The molecule has 16 heavy (non-hydrogen) atoms. The molecule has 90 valence electrons. The Kier molecular flexibility index (Phi) is 4.34. The molecule has 0 unspecified atom stereocenters. The summed E-state index contributed by atoms with van der Waals surface area (Å²) in [5.41, 5.74) is 0.709. The summed E-state index contributed by atoms with van der Waals surface area (Å²) < 4.78 is 6.35. The van der Waals surface area contributed by atoms with Gasteiger partial charge in [-0.1, -0.05) is 0 Å². The Morgan fingerprint density at radius 2 is 2.25 bits per heavy atom. The Hall–Kier alpha value is -1.52. The molecule has 0 radical (unpaired) electrons. The third-order valence-corrected chi connectivity index (χ3v) is 2.22. The molecule has 0 saturated carbocycles. The van der Waals surface area contributed by atoms with Crippen LogP contribution in [0.25, 0.3) is 0 Å². The number of carbonyl (C=O) groups is 1. The average molecular weight is 226 g/mol. The number of aromatic nitrogens is 2. The Bertz CT molecular complexity index is 404. The standard InChI is InChI=1S/C11H18N2O3/c1-4-16-11(15)6-5-9-7-10(14)13(12-9)8(2)3/h7-8,12H,4-6H2,1-3H3. The lowest BCUT2D eigenvalue weighted by molar-refractivity contribution is -0.143. The van der Waals surface area contributed by atoms with Crippen molar-refractivity contribution in [3.8, 4) is 0 Å². The lowest BCUT2D eigenvalue weighted by Crippen LogP contribution is -2.17. The molecule has 0 aliphatic carbocycles. The van der Waals surface area contributed by atoms with E-state index in [2.05, 4.69) is 5.10 Å². The van der Waals surface area contributed by atoms with E-state index in [9.17, 15) is 9.59 Å². The zero-order chi connectivity index (χ0) is 12.1. The maximum Gasteiger partial charge on any atom is 0.306 e. The molecule has 1 N–H and O–H groups in total. The second-order valence-corrected chi connectivity index (χ2v) is 3.89. The van der Waals surface area contributed by atoms with Crippen molar-refractivity contribution < 1.29 is 9.53 Å². The fourth-order valence-corrected chi connectivity index (χ4v) is 1.44. The van der Waals surface area contributed by atoms with Gasteiger partial charge in [-0.05, 0) is 27.2 Å². The number of hydrogen-bond acceptors (Lipinski definition) is 3. The predicted molar refractivity (Wildman–Crippen MR) is 60.4 cm³/mol. The van der Waals surface area contributed by atoms with Gasteiger partial charge in [-0.15, -0.1) is 0 Å². The second kappa shape index (κ2) is 5.53. The topological polar surface area (TPSA) is 64.1 Å². The molecule has 0 bridgehead atoms. The van der Waals surface area contributed by atoms with Gasteiger partial charge < -0.3 is 4.74 Å². The van der Waals surface area contributed by atoms with Gasteiger partial charge in [-0.3, -0.25) is 19.4 Å². The minimum Gasteiger partial charge on any atom is -0.466 e. The average Bonchev–Trinajstić information content (AvgIpc) is 2.57. The van der Waals surface area contributed by atoms with Crippen molar-refractivity contribution in [2.75, 3.05) is 6.61 Å². The molecular weight excluding hydrogens is 208 g/mol. The van der Waals surface area contributed by atoms with Crippen LogP contribution in [0.5, 0.6) is 0 Å². The van der Waals surface area contributed by atoms with Gasteiger partial charge >= 0.3 is 5.97 Å². The summed E-state index contributed by atoms with van der Waals surface area (Å²) in [7, 11) is 0. The monoisotopic (exact) mass is 226 g/mol. The number of nitrogens with one attached hydrogen (secondary N) is 1. The SMILES string of the molecule is CCOC(=O)CCc1cc(=O)n(C(C)C)[nH]1. The van der Waals surface area contributed by atoms with Crippen molar-refractivity contribution in [2.24, 2.45) is 0 Å². The first-order chi connectivity index (χ1) is 7.54. The molecule has 1 aromatic rings. The van der Waals surface area contributed by atoms with E-state index in [1.54, 1.807) is 11.6 Å². The lowest BCUT2D eigenvalue weighted by atomic mass is 10.2. The fourth-order valence-electron chi connectivity index (χ4n) is 1.44. The molecule has 0 atom stereocenters. The van der Waals surface area contributed by atoms with Gasteiger partial charge in [-0.2, -0.15) is 0 Å². The molecule has 1 heterocycles. The van der Waals surface area contributed by atoms with Crippen LogP contribution in [0, 0.1) is 0 Å². The number of hydrogen-bond donors (Lipinski definition) is 1. The number of esters is 1. The zero-order valence-electron chi connectivity index (χ0n) is 9.95. The van der Waals surface area contributed by atoms with Crippen molar-refractivity contribution in [1.29, 1.82) is 0 Å². The first-order valence-corrected chi connectivity index (χ1v) is 5.50. The van der Waals surface area contributed by atoms with E-state index in [1.807, 2.05) is 13.8 Å². The first-order valence-electron chi connectivity index (χ1n) is 5.50. The third kappa shape index (κ3) is 3.25. The molecule has 0 aliphatic rings. The number of nitrogens with zero attached hydrogens (tertiary/aromatic N) is 1. The highest BCUT2D eigenvalue weighted by molar-refractivity contribution is 5.69. The van der Waals surface area contributed by atoms with Crippen LogP contribution >= 0.6 is 0 Å². The summed E-state index contributed by atoms with van der Waals surface area (Å²) in [6, 6.07) is 1.63. The summed E-state index contributed by atoms with van der Waals surface area (Å²) in [5, 5.41) is 2.97. The molecular formula is C11H18N2O3. The molecule has 5 nitrogen and oxygen atoms in total. The third-order valence-electron chi connectivity index (χ3n) is 2.22. The summed E-state index contributed by atoms with van der Waals surface area (Å²) in [4.78, 5) is 22.6. The van der Waals surface area contributed by atoms with Crippen LogP contribution in [-0.2, 0) is 16.0 Å². The molecule has 1 aromatic heterocycles. The van der Waals surface area contributed by atoms with Crippen molar-refractivity contribution >= 4 is 5.97 Å². The smallest absolute Gasteiger partial charge is 0.306 e. The number of carbonyl (C=O) groups excluding carboxylic acids is 1. The molecule has 0 spiro atoms. The van der Waals surface area contributed by atoms with E-state index in [-0.39, 0.29) is 17.6 Å². The van der Waals surface area contributed by atoms with E-state index in [1.165, 1.54) is 6.07 Å². The molecule has 0 saturated heterocycles. The van der Waals surface area contributed by atoms with Crippen LogP contribution in [0.3, 0.4) is 0 Å². The Balaban J connectivity index is 2.59. The fraction of sp³-hybridized carbons (Fsp3) is 0.636. The summed E-state index contributed by atoms with van der Waals surface area (Å²) in [6.45, 7) is 6.01. The van der Waals surface area contributed by atoms with Gasteiger partial charge in [0.05, 0.1) is 13.0 Å². The molecule has 0 amide bonds. The maximum atomic E-state index is 11.5. The van der Waals surface area contributed by atoms with Crippen LogP contribution < -0.4 is 5.56 Å². The predicted octanol–water partition coefficient (Wildman–Crippen LogP) is 1.25. The highest BCUT2D eigenvalue weighted by atomic mass is 16.5. The molecule has 0 fully saturated rings. The number of aromatic amines is 1. The molecule has 1 rings (SSSR count). The van der Waals surface area contributed by atoms with Crippen molar-refractivity contribution in [3.05, 3.63) is 22.1 Å². The van der Waals surface area contributed by atoms with E-state index < -0.39 is 0 Å². The van der Waals surface area contributed by atoms with E-state index >= 15 is 0 Å². The van der Waals surface area contributed by atoms with Gasteiger partial charge in [0.1, 0.15) is 0 Å². The van der Waals surface area contributed by atoms with Crippen molar-refractivity contribution in [3.63, 3.8) is 0 Å². The Labute approximate surface area is 94.4 Å². The van der Waals surface area contributed by atoms with E-state index in [0.29, 0.717) is 19.4 Å². The Morgan fingerprint density at radius 1 is 1.56 bits per heavy atom. The minimum absolute atomic E-state index is 0.0612. The minimum atomic E-state index is -0.236. The highest BCUT2D eigenvalue weighted by Crippen LogP contribution is 2.02. The second-order valence-electron chi connectivity index (χ2n) is 3.89. The van der Waals surface area contributed by atoms with Crippen LogP contribution in [-0.4, -0.2) is 22.4 Å². The number of aryl methyl sites for hydroxylation is 1. The van der Waals surface area contributed by atoms with E-state index in [4.69, 9.17) is 4.74 Å². The van der Waals surface area contributed by atoms with Crippen LogP contribution in [0.1, 0.15) is 38.9 Å². The largest absolute Gasteiger partial charge is 0.466 e. The zero-order valence-corrected chi connectivity index (χ0v) is 9.95. The number of rotatable bonds is 5. The van der Waals surface area contributed by atoms with E-state index in [0.717, 1.165) is 5.69 Å². The normalized spacial score (nSPS) is 10.8. The molecule has 5 heteroatoms. The van der Waals surface area contributed by atoms with Crippen LogP contribution in [0.4, 0.5) is 0 Å². The summed E-state index contributed by atoms with van der Waals surface area (Å²) in [5.74, 6) is -0.236. The summed E-state index contributed by atoms with van der Waals surface area (Å²) >= 11 is 0. The van der Waals surface area contributed by atoms with Crippen LogP contribution in [0.2, 0.25) is 0 Å². The highest BCUT2D eigenvalue weighted by Gasteiger charge is 2.08. The van der Waals surface area contributed by atoms with Gasteiger partial charge in [0.2, 0.25) is 0 Å².